The van der Waals surface area contributed by atoms with E-state index in [9.17, 15) is 18.3 Å². The highest BCUT2D eigenvalue weighted by molar-refractivity contribution is 9.11. The Morgan fingerprint density at radius 1 is 1.40 bits per heavy atom. The molecule has 9 heteroatoms. The molecule has 0 spiro atoms. The number of carboxylic acid groups (broad SMARTS) is 1. The summed E-state index contributed by atoms with van der Waals surface area (Å²) in [5.41, 5.74) is -1.67. The summed E-state index contributed by atoms with van der Waals surface area (Å²) in [5, 5.41) is 18.4. The number of aliphatic carboxylic acids is 1. The van der Waals surface area contributed by atoms with Crippen LogP contribution < -0.4 is 4.72 Å². The minimum atomic E-state index is -3.86. The standard InChI is InChI=1S/C11H13Br2NO5S/c1-11(17,5-10(15)16)6-14-20(18,19)9-4-7(12)2-3-8(9)13/h2-4,14,17H,5-6H2,1H3,(H,15,16). The van der Waals surface area contributed by atoms with Gasteiger partial charge in [-0.15, -0.1) is 0 Å². The van der Waals surface area contributed by atoms with E-state index in [1.165, 1.54) is 13.0 Å². The fourth-order valence-electron chi connectivity index (χ4n) is 1.40. The summed E-state index contributed by atoms with van der Waals surface area (Å²) in [6.45, 7) is 0.847. The zero-order valence-electron chi connectivity index (χ0n) is 10.4. The summed E-state index contributed by atoms with van der Waals surface area (Å²) in [6, 6.07) is 4.63. The molecule has 0 aliphatic carbocycles. The van der Waals surface area contributed by atoms with Crippen LogP contribution in [-0.2, 0) is 14.8 Å². The lowest BCUT2D eigenvalue weighted by atomic mass is 10.0. The third-order valence-electron chi connectivity index (χ3n) is 2.36. The smallest absolute Gasteiger partial charge is 0.306 e. The molecule has 0 heterocycles. The topological polar surface area (TPSA) is 104 Å². The molecule has 0 fully saturated rings. The van der Waals surface area contributed by atoms with Crippen molar-refractivity contribution in [2.45, 2.75) is 23.8 Å². The van der Waals surface area contributed by atoms with Gasteiger partial charge in [-0.2, -0.15) is 0 Å². The van der Waals surface area contributed by atoms with Crippen molar-refractivity contribution in [2.75, 3.05) is 6.54 Å². The molecule has 1 atom stereocenters. The molecule has 0 saturated heterocycles. The second kappa shape index (κ2) is 6.52. The SMILES string of the molecule is CC(O)(CNS(=O)(=O)c1cc(Br)ccc1Br)CC(=O)O. The first-order valence-corrected chi connectivity index (χ1v) is 8.49. The zero-order valence-corrected chi connectivity index (χ0v) is 14.4. The van der Waals surface area contributed by atoms with E-state index < -0.39 is 34.6 Å². The first-order valence-electron chi connectivity index (χ1n) is 5.42. The highest BCUT2D eigenvalue weighted by Gasteiger charge is 2.27. The number of hydrogen-bond acceptors (Lipinski definition) is 4. The van der Waals surface area contributed by atoms with Crippen molar-refractivity contribution >= 4 is 47.9 Å². The molecule has 6 nitrogen and oxygen atoms in total. The molecular weight excluding hydrogens is 418 g/mol. The van der Waals surface area contributed by atoms with Crippen LogP contribution in [0.3, 0.4) is 0 Å². The largest absolute Gasteiger partial charge is 0.481 e. The Labute approximate surface area is 133 Å². The Hall–Kier alpha value is -0.480. The molecule has 1 aromatic rings. The van der Waals surface area contributed by atoms with Gasteiger partial charge in [0.05, 0.1) is 16.9 Å². The predicted octanol–water partition coefficient (Wildman–Crippen LogP) is 1.72. The first-order chi connectivity index (χ1) is 9.03. The number of benzene rings is 1. The third-order valence-corrected chi connectivity index (χ3v) is 5.25. The van der Waals surface area contributed by atoms with E-state index in [0.29, 0.717) is 8.95 Å². The molecule has 112 valence electrons. The van der Waals surface area contributed by atoms with Crippen LogP contribution in [-0.4, -0.2) is 36.7 Å². The summed E-state index contributed by atoms with van der Waals surface area (Å²) < 4.78 is 27.4. The van der Waals surface area contributed by atoms with Crippen molar-refractivity contribution in [3.8, 4) is 0 Å². The Kier molecular flexibility index (Phi) is 5.73. The van der Waals surface area contributed by atoms with Crippen molar-refractivity contribution < 1.29 is 23.4 Å². The number of carboxylic acids is 1. The van der Waals surface area contributed by atoms with E-state index in [1.807, 2.05) is 0 Å². The Morgan fingerprint density at radius 3 is 2.55 bits per heavy atom. The van der Waals surface area contributed by atoms with Crippen LogP contribution in [0.4, 0.5) is 0 Å². The fraction of sp³-hybridized carbons (Fsp3) is 0.364. The Bertz CT molecular complexity index is 615. The summed E-state index contributed by atoms with van der Waals surface area (Å²) in [4.78, 5) is 10.6. The second-order valence-corrected chi connectivity index (χ2v) is 7.97. The molecule has 0 aliphatic heterocycles. The van der Waals surface area contributed by atoms with Crippen LogP contribution in [0, 0.1) is 0 Å². The highest BCUT2D eigenvalue weighted by Crippen LogP contribution is 2.25. The average Bonchev–Trinajstić information content (AvgIpc) is 2.28. The molecule has 0 saturated carbocycles. The molecule has 0 aliphatic rings. The summed E-state index contributed by atoms with van der Waals surface area (Å²) in [7, 11) is -3.86. The Morgan fingerprint density at radius 2 is 2.00 bits per heavy atom. The van der Waals surface area contributed by atoms with Gasteiger partial charge in [0.1, 0.15) is 0 Å². The molecular formula is C11H13Br2NO5S. The number of sulfonamides is 1. The predicted molar refractivity (Wildman–Crippen MR) is 79.9 cm³/mol. The third kappa shape index (κ3) is 5.13. The van der Waals surface area contributed by atoms with Gasteiger partial charge in [0.2, 0.25) is 10.0 Å². The van der Waals surface area contributed by atoms with Crippen molar-refractivity contribution in [3.63, 3.8) is 0 Å². The summed E-state index contributed by atoms with van der Waals surface area (Å²) >= 11 is 6.30. The normalized spacial score (nSPS) is 14.8. The summed E-state index contributed by atoms with van der Waals surface area (Å²) in [5.74, 6) is -1.21. The van der Waals surface area contributed by atoms with Gasteiger partial charge >= 0.3 is 5.97 Å². The van der Waals surface area contributed by atoms with Gasteiger partial charge in [-0.25, -0.2) is 13.1 Å². The number of hydrogen-bond donors (Lipinski definition) is 3. The van der Waals surface area contributed by atoms with Gasteiger partial charge in [-0.1, -0.05) is 15.9 Å². The number of aliphatic hydroxyl groups is 1. The number of halogens is 2. The molecule has 3 N–H and O–H groups in total. The molecule has 0 bridgehead atoms. The van der Waals surface area contributed by atoms with E-state index in [4.69, 9.17) is 5.11 Å². The second-order valence-electron chi connectivity index (χ2n) is 4.47. The lowest BCUT2D eigenvalue weighted by molar-refractivity contribution is -0.141. The van der Waals surface area contributed by atoms with Crippen LogP contribution in [0.1, 0.15) is 13.3 Å². The summed E-state index contributed by atoms with van der Waals surface area (Å²) in [6.07, 6.45) is -0.560. The molecule has 0 aromatic heterocycles. The lowest BCUT2D eigenvalue weighted by Gasteiger charge is -2.21. The Balaban J connectivity index is 2.91. The minimum Gasteiger partial charge on any atom is -0.481 e. The number of rotatable bonds is 6. The van der Waals surface area contributed by atoms with Crippen molar-refractivity contribution in [3.05, 3.63) is 27.1 Å². The van der Waals surface area contributed by atoms with Gasteiger partial charge in [0.15, 0.2) is 0 Å². The lowest BCUT2D eigenvalue weighted by Crippen LogP contribution is -2.42. The maximum Gasteiger partial charge on any atom is 0.306 e. The van der Waals surface area contributed by atoms with E-state index in [2.05, 4.69) is 36.6 Å². The maximum absolute atomic E-state index is 12.1. The van der Waals surface area contributed by atoms with Crippen LogP contribution in [0.2, 0.25) is 0 Å². The quantitative estimate of drug-likeness (QED) is 0.637. The molecule has 1 aromatic carbocycles. The molecule has 0 amide bonds. The highest BCUT2D eigenvalue weighted by atomic mass is 79.9. The van der Waals surface area contributed by atoms with Crippen LogP contribution in [0.15, 0.2) is 32.0 Å². The van der Waals surface area contributed by atoms with E-state index in [0.717, 1.165) is 0 Å². The van der Waals surface area contributed by atoms with Crippen LogP contribution in [0.5, 0.6) is 0 Å². The first kappa shape index (κ1) is 17.6. The van der Waals surface area contributed by atoms with E-state index in [-0.39, 0.29) is 4.90 Å². The van der Waals surface area contributed by atoms with Gasteiger partial charge in [0.25, 0.3) is 0 Å². The van der Waals surface area contributed by atoms with Crippen LogP contribution >= 0.6 is 31.9 Å². The fourth-order valence-corrected chi connectivity index (χ4v) is 4.06. The van der Waals surface area contributed by atoms with Gasteiger partial charge in [-0.05, 0) is 41.1 Å². The monoisotopic (exact) mass is 429 g/mol. The molecule has 1 unspecified atom stereocenters. The number of nitrogens with one attached hydrogen (secondary N) is 1. The number of carbonyl (C=O) groups is 1. The van der Waals surface area contributed by atoms with Crippen molar-refractivity contribution in [1.29, 1.82) is 0 Å². The van der Waals surface area contributed by atoms with E-state index in [1.54, 1.807) is 12.1 Å². The zero-order chi connectivity index (χ0) is 15.6. The molecule has 0 radical (unpaired) electrons. The van der Waals surface area contributed by atoms with Gasteiger partial charge < -0.3 is 10.2 Å². The van der Waals surface area contributed by atoms with Gasteiger partial charge in [0, 0.05) is 15.5 Å². The maximum atomic E-state index is 12.1. The minimum absolute atomic E-state index is 0.00185. The average molecular weight is 431 g/mol. The van der Waals surface area contributed by atoms with Crippen LogP contribution in [0.25, 0.3) is 0 Å². The molecule has 20 heavy (non-hydrogen) atoms. The molecule has 1 rings (SSSR count). The van der Waals surface area contributed by atoms with E-state index >= 15 is 0 Å². The van der Waals surface area contributed by atoms with Crippen molar-refractivity contribution in [2.24, 2.45) is 0 Å². The van der Waals surface area contributed by atoms with Crippen molar-refractivity contribution in [1.82, 2.24) is 4.72 Å². The van der Waals surface area contributed by atoms with Gasteiger partial charge in [-0.3, -0.25) is 4.79 Å².